The van der Waals surface area contributed by atoms with Gasteiger partial charge in [0.05, 0.1) is 0 Å². The topological polar surface area (TPSA) is 24.5 Å². The highest BCUT2D eigenvalue weighted by atomic mass is 16.5. The molecule has 0 heterocycles. The van der Waals surface area contributed by atoms with Crippen LogP contribution in [0.1, 0.15) is 19.4 Å². The van der Waals surface area contributed by atoms with Crippen molar-refractivity contribution in [3.63, 3.8) is 0 Å². The van der Waals surface area contributed by atoms with Gasteiger partial charge < -0.3 is 10.1 Å². The summed E-state index contributed by atoms with van der Waals surface area (Å²) in [4.78, 5) is 2.31. The Kier molecular flexibility index (Phi) is 7.94. The lowest BCUT2D eigenvalue weighted by Gasteiger charge is -2.19. The molecule has 106 valence electrons. The predicted octanol–water partition coefficient (Wildman–Crippen LogP) is 2.68. The molecule has 3 heteroatoms. The molecule has 0 radical (unpaired) electrons. The molecule has 0 unspecified atom stereocenters. The molecule has 1 N–H and O–H groups in total. The van der Waals surface area contributed by atoms with Crippen molar-refractivity contribution < 1.29 is 4.74 Å². The Morgan fingerprint density at radius 1 is 1.32 bits per heavy atom. The Hall–Kier alpha value is -1.32. The summed E-state index contributed by atoms with van der Waals surface area (Å²) >= 11 is 0. The number of nitrogens with one attached hydrogen (secondary N) is 1. The van der Waals surface area contributed by atoms with E-state index >= 15 is 0 Å². The first-order valence-electron chi connectivity index (χ1n) is 7.06. The Bertz CT molecular complexity index is 366. The number of nitrogens with zero attached hydrogens (tertiary/aromatic N) is 1. The molecule has 3 nitrogen and oxygen atoms in total. The Morgan fingerprint density at radius 2 is 2.11 bits per heavy atom. The molecule has 0 saturated carbocycles. The fraction of sp³-hybridized carbons (Fsp3) is 0.500. The molecule has 0 amide bonds. The largest absolute Gasteiger partial charge is 0.492 e. The first kappa shape index (κ1) is 15.7. The second-order valence-corrected chi connectivity index (χ2v) is 4.42. The van der Waals surface area contributed by atoms with Gasteiger partial charge in [0.2, 0.25) is 0 Å². The molecule has 0 fully saturated rings. The molecule has 0 aliphatic carbocycles. The lowest BCUT2D eigenvalue weighted by molar-refractivity contribution is 0.228. The van der Waals surface area contributed by atoms with Crippen LogP contribution < -0.4 is 10.1 Å². The second-order valence-electron chi connectivity index (χ2n) is 4.42. The number of benzene rings is 1. The van der Waals surface area contributed by atoms with E-state index in [4.69, 9.17) is 4.74 Å². The van der Waals surface area contributed by atoms with Gasteiger partial charge in [-0.25, -0.2) is 0 Å². The smallest absolute Gasteiger partial charge is 0.123 e. The van der Waals surface area contributed by atoms with E-state index in [-0.39, 0.29) is 0 Å². The molecule has 1 rings (SSSR count). The third-order valence-electron chi connectivity index (χ3n) is 3.04. The molecule has 19 heavy (non-hydrogen) atoms. The molecular formula is C16H26N2O. The van der Waals surface area contributed by atoms with Crippen molar-refractivity contribution in [1.82, 2.24) is 10.2 Å². The Balaban J connectivity index is 2.45. The van der Waals surface area contributed by atoms with Gasteiger partial charge in [0.15, 0.2) is 0 Å². The van der Waals surface area contributed by atoms with Crippen LogP contribution in [0.15, 0.2) is 36.9 Å². The minimum atomic E-state index is 0.713. The number of para-hydroxylation sites is 1. The van der Waals surface area contributed by atoms with E-state index in [2.05, 4.69) is 42.8 Å². The zero-order chi connectivity index (χ0) is 13.9. The van der Waals surface area contributed by atoms with Crippen LogP contribution in [0.4, 0.5) is 0 Å². The van der Waals surface area contributed by atoms with Crippen molar-refractivity contribution in [2.24, 2.45) is 0 Å². The summed E-state index contributed by atoms with van der Waals surface area (Å²) in [6.07, 6.45) is 1.93. The van der Waals surface area contributed by atoms with Crippen LogP contribution in [0, 0.1) is 0 Å². The van der Waals surface area contributed by atoms with Crippen LogP contribution in [0.25, 0.3) is 0 Å². The minimum absolute atomic E-state index is 0.713. The molecule has 0 aliphatic heterocycles. The SMILES string of the molecule is C=CCN(CC)CCOc1ccccc1CNCC. The third-order valence-corrected chi connectivity index (χ3v) is 3.04. The summed E-state index contributed by atoms with van der Waals surface area (Å²) in [5, 5.41) is 3.33. The van der Waals surface area contributed by atoms with Crippen molar-refractivity contribution in [3.8, 4) is 5.75 Å². The zero-order valence-electron chi connectivity index (χ0n) is 12.2. The van der Waals surface area contributed by atoms with Gasteiger partial charge >= 0.3 is 0 Å². The van der Waals surface area contributed by atoms with Gasteiger partial charge in [-0.05, 0) is 19.2 Å². The first-order valence-corrected chi connectivity index (χ1v) is 7.06. The highest BCUT2D eigenvalue weighted by molar-refractivity contribution is 5.33. The standard InChI is InChI=1S/C16H26N2O/c1-4-11-18(6-3)12-13-19-16-10-8-7-9-15(16)14-17-5-2/h4,7-10,17H,1,5-6,11-14H2,2-3H3. The summed E-state index contributed by atoms with van der Waals surface area (Å²) in [5.74, 6) is 0.984. The third kappa shape index (κ3) is 5.90. The quantitative estimate of drug-likeness (QED) is 0.656. The van der Waals surface area contributed by atoms with Crippen LogP contribution in [0.5, 0.6) is 5.75 Å². The molecule has 0 aromatic heterocycles. The van der Waals surface area contributed by atoms with Crippen molar-refractivity contribution >= 4 is 0 Å². The summed E-state index contributed by atoms with van der Waals surface area (Å²) in [6, 6.07) is 8.22. The van der Waals surface area contributed by atoms with Crippen LogP contribution >= 0.6 is 0 Å². The molecule has 1 aromatic carbocycles. The van der Waals surface area contributed by atoms with Gasteiger partial charge in [0.1, 0.15) is 12.4 Å². The summed E-state index contributed by atoms with van der Waals surface area (Å²) in [5.41, 5.74) is 1.22. The number of rotatable bonds is 10. The van der Waals surface area contributed by atoms with Gasteiger partial charge in [-0.3, -0.25) is 4.90 Å². The van der Waals surface area contributed by atoms with Crippen molar-refractivity contribution in [3.05, 3.63) is 42.5 Å². The molecular weight excluding hydrogens is 236 g/mol. The predicted molar refractivity (Wildman–Crippen MR) is 81.6 cm³/mol. The highest BCUT2D eigenvalue weighted by Crippen LogP contribution is 2.17. The average Bonchev–Trinajstić information content (AvgIpc) is 2.45. The molecule has 0 bridgehead atoms. The fourth-order valence-electron chi connectivity index (χ4n) is 1.90. The van der Waals surface area contributed by atoms with Gasteiger partial charge in [0.25, 0.3) is 0 Å². The maximum absolute atomic E-state index is 5.90. The van der Waals surface area contributed by atoms with E-state index in [1.165, 1.54) is 5.56 Å². The van der Waals surface area contributed by atoms with E-state index in [9.17, 15) is 0 Å². The van der Waals surface area contributed by atoms with Crippen LogP contribution in [-0.2, 0) is 6.54 Å². The summed E-state index contributed by atoms with van der Waals surface area (Å²) in [7, 11) is 0. The highest BCUT2D eigenvalue weighted by Gasteiger charge is 2.04. The van der Waals surface area contributed by atoms with Crippen molar-refractivity contribution in [2.75, 3.05) is 32.8 Å². The lowest BCUT2D eigenvalue weighted by Crippen LogP contribution is -2.28. The Morgan fingerprint density at radius 3 is 2.79 bits per heavy atom. The normalized spacial score (nSPS) is 10.7. The molecule has 0 atom stereocenters. The van der Waals surface area contributed by atoms with Crippen molar-refractivity contribution in [1.29, 1.82) is 0 Å². The number of hydrogen-bond acceptors (Lipinski definition) is 3. The maximum atomic E-state index is 5.90. The van der Waals surface area contributed by atoms with E-state index in [0.717, 1.165) is 38.5 Å². The van der Waals surface area contributed by atoms with Gasteiger partial charge in [-0.15, -0.1) is 6.58 Å². The minimum Gasteiger partial charge on any atom is -0.492 e. The summed E-state index contributed by atoms with van der Waals surface area (Å²) in [6.45, 7) is 13.4. The van der Waals surface area contributed by atoms with Gasteiger partial charge in [-0.2, -0.15) is 0 Å². The van der Waals surface area contributed by atoms with E-state index in [1.54, 1.807) is 0 Å². The number of hydrogen-bond donors (Lipinski definition) is 1. The Labute approximate surface area is 117 Å². The van der Waals surface area contributed by atoms with Crippen LogP contribution in [-0.4, -0.2) is 37.7 Å². The average molecular weight is 262 g/mol. The number of likely N-dealkylation sites (N-methyl/N-ethyl adjacent to an activating group) is 1. The summed E-state index contributed by atoms with van der Waals surface area (Å²) < 4.78 is 5.90. The molecule has 0 spiro atoms. The zero-order valence-corrected chi connectivity index (χ0v) is 12.2. The van der Waals surface area contributed by atoms with Crippen molar-refractivity contribution in [2.45, 2.75) is 20.4 Å². The van der Waals surface area contributed by atoms with E-state index in [0.29, 0.717) is 6.61 Å². The van der Waals surface area contributed by atoms with Crippen LogP contribution in [0.3, 0.4) is 0 Å². The molecule has 0 aliphatic rings. The number of ether oxygens (including phenoxy) is 1. The molecule has 0 saturated heterocycles. The van der Waals surface area contributed by atoms with Gasteiger partial charge in [-0.1, -0.05) is 38.1 Å². The maximum Gasteiger partial charge on any atom is 0.123 e. The van der Waals surface area contributed by atoms with Gasteiger partial charge in [0, 0.05) is 25.2 Å². The lowest BCUT2D eigenvalue weighted by atomic mass is 10.2. The first-order chi connectivity index (χ1) is 9.31. The van der Waals surface area contributed by atoms with Crippen LogP contribution in [0.2, 0.25) is 0 Å². The van der Waals surface area contributed by atoms with E-state index in [1.807, 2.05) is 18.2 Å². The fourth-order valence-corrected chi connectivity index (χ4v) is 1.90. The second kappa shape index (κ2) is 9.59. The van der Waals surface area contributed by atoms with E-state index < -0.39 is 0 Å². The monoisotopic (exact) mass is 262 g/mol. The molecule has 1 aromatic rings.